The Morgan fingerprint density at radius 2 is 2.62 bits per heavy atom. The van der Waals surface area contributed by atoms with E-state index in [1.165, 1.54) is 0 Å². The van der Waals surface area contributed by atoms with Gasteiger partial charge in [-0.15, -0.1) is 11.3 Å². The first-order valence-electron chi connectivity index (χ1n) is 5.53. The fourth-order valence-electron chi connectivity index (χ4n) is 1.75. The number of thiazole rings is 1. The minimum absolute atomic E-state index is 0.0285. The summed E-state index contributed by atoms with van der Waals surface area (Å²) in [7, 11) is 0. The number of nitrogens with zero attached hydrogens (tertiary/aromatic N) is 1. The molecular formula is C11H16N2O2S. The zero-order chi connectivity index (χ0) is 11.4. The van der Waals surface area contributed by atoms with E-state index in [1.54, 1.807) is 11.3 Å². The van der Waals surface area contributed by atoms with Crippen LogP contribution in [-0.2, 0) is 16.0 Å². The first-order chi connectivity index (χ1) is 7.74. The maximum Gasteiger partial charge on any atom is 0.226 e. The van der Waals surface area contributed by atoms with Crippen molar-refractivity contribution in [1.29, 1.82) is 0 Å². The second-order valence-corrected chi connectivity index (χ2v) is 5.04. The van der Waals surface area contributed by atoms with Crippen LogP contribution in [0.4, 0.5) is 0 Å². The third-order valence-electron chi connectivity index (χ3n) is 2.56. The molecule has 1 aromatic heterocycles. The summed E-state index contributed by atoms with van der Waals surface area (Å²) in [5, 5.41) is 5.82. The number of hydrogen-bond acceptors (Lipinski definition) is 4. The van der Waals surface area contributed by atoms with Crippen molar-refractivity contribution in [2.45, 2.75) is 32.3 Å². The molecule has 5 heteroatoms. The van der Waals surface area contributed by atoms with Gasteiger partial charge in [-0.2, -0.15) is 0 Å². The molecule has 1 atom stereocenters. The average Bonchev–Trinajstić information content (AvgIpc) is 2.87. The fraction of sp³-hybridized carbons (Fsp3) is 0.636. The summed E-state index contributed by atoms with van der Waals surface area (Å²) in [6, 6.07) is 0. The molecule has 1 fully saturated rings. The number of amides is 1. The van der Waals surface area contributed by atoms with E-state index < -0.39 is 0 Å². The first kappa shape index (κ1) is 11.5. The molecule has 4 nitrogen and oxygen atoms in total. The third-order valence-corrected chi connectivity index (χ3v) is 3.38. The van der Waals surface area contributed by atoms with Gasteiger partial charge in [0, 0.05) is 18.5 Å². The van der Waals surface area contributed by atoms with Crippen LogP contribution in [0, 0.1) is 6.92 Å². The normalized spacial score (nSPS) is 19.9. The molecule has 16 heavy (non-hydrogen) atoms. The van der Waals surface area contributed by atoms with Crippen LogP contribution >= 0.6 is 11.3 Å². The Labute approximate surface area is 99.0 Å². The zero-order valence-electron chi connectivity index (χ0n) is 9.36. The standard InChI is InChI=1S/C11H16N2O2S/c1-8-13-9(7-16-8)5-11(14)12-6-10-3-2-4-15-10/h7,10H,2-6H2,1H3,(H,12,14)/t10-/m1/s1. The summed E-state index contributed by atoms with van der Waals surface area (Å²) in [4.78, 5) is 15.8. The molecule has 1 aromatic rings. The molecule has 0 radical (unpaired) electrons. The van der Waals surface area contributed by atoms with Gasteiger partial charge in [-0.3, -0.25) is 4.79 Å². The van der Waals surface area contributed by atoms with E-state index in [2.05, 4.69) is 10.3 Å². The summed E-state index contributed by atoms with van der Waals surface area (Å²) in [5.41, 5.74) is 0.854. The number of aromatic nitrogens is 1. The van der Waals surface area contributed by atoms with E-state index in [1.807, 2.05) is 12.3 Å². The van der Waals surface area contributed by atoms with Gasteiger partial charge in [-0.1, -0.05) is 0 Å². The number of rotatable bonds is 4. The third kappa shape index (κ3) is 3.28. The Bertz CT molecular complexity index is 359. The summed E-state index contributed by atoms with van der Waals surface area (Å²) < 4.78 is 5.43. The maximum absolute atomic E-state index is 11.6. The van der Waals surface area contributed by atoms with E-state index in [9.17, 15) is 4.79 Å². The number of aryl methyl sites for hydroxylation is 1. The van der Waals surface area contributed by atoms with Crippen molar-refractivity contribution in [1.82, 2.24) is 10.3 Å². The number of carbonyl (C=O) groups excluding carboxylic acids is 1. The minimum atomic E-state index is 0.0285. The lowest BCUT2D eigenvalue weighted by atomic mass is 10.2. The van der Waals surface area contributed by atoms with Crippen molar-refractivity contribution >= 4 is 17.2 Å². The Morgan fingerprint density at radius 1 is 1.75 bits per heavy atom. The molecule has 88 valence electrons. The summed E-state index contributed by atoms with van der Waals surface area (Å²) in [5.74, 6) is 0.0285. The van der Waals surface area contributed by atoms with Gasteiger partial charge in [-0.25, -0.2) is 4.98 Å². The Morgan fingerprint density at radius 3 is 3.25 bits per heavy atom. The van der Waals surface area contributed by atoms with Gasteiger partial charge in [0.25, 0.3) is 0 Å². The zero-order valence-corrected chi connectivity index (χ0v) is 10.2. The van der Waals surface area contributed by atoms with E-state index in [4.69, 9.17) is 4.74 Å². The van der Waals surface area contributed by atoms with Gasteiger partial charge in [0.15, 0.2) is 0 Å². The number of hydrogen-bond donors (Lipinski definition) is 1. The van der Waals surface area contributed by atoms with Crippen molar-refractivity contribution in [3.8, 4) is 0 Å². The molecule has 0 unspecified atom stereocenters. The van der Waals surface area contributed by atoms with Gasteiger partial charge in [-0.05, 0) is 19.8 Å². The molecule has 1 aliphatic heterocycles. The van der Waals surface area contributed by atoms with Crippen LogP contribution in [0.3, 0.4) is 0 Å². The Kier molecular flexibility index (Phi) is 3.90. The van der Waals surface area contributed by atoms with Gasteiger partial charge in [0.1, 0.15) is 0 Å². The summed E-state index contributed by atoms with van der Waals surface area (Å²) in [6.45, 7) is 3.40. The molecule has 1 saturated heterocycles. The van der Waals surface area contributed by atoms with Crippen LogP contribution < -0.4 is 5.32 Å². The van der Waals surface area contributed by atoms with Crippen LogP contribution in [0.1, 0.15) is 23.5 Å². The monoisotopic (exact) mass is 240 g/mol. The van der Waals surface area contributed by atoms with E-state index in [0.717, 1.165) is 30.2 Å². The molecule has 0 bridgehead atoms. The SMILES string of the molecule is Cc1nc(CC(=O)NC[C@H]2CCCO2)cs1. The quantitative estimate of drug-likeness (QED) is 0.862. The highest BCUT2D eigenvalue weighted by atomic mass is 32.1. The number of nitrogens with one attached hydrogen (secondary N) is 1. The fourth-order valence-corrected chi connectivity index (χ4v) is 2.36. The molecule has 0 saturated carbocycles. The highest BCUT2D eigenvalue weighted by molar-refractivity contribution is 7.09. The average molecular weight is 240 g/mol. The van der Waals surface area contributed by atoms with Crippen LogP contribution in [-0.4, -0.2) is 30.1 Å². The van der Waals surface area contributed by atoms with E-state index in [0.29, 0.717) is 13.0 Å². The highest BCUT2D eigenvalue weighted by Gasteiger charge is 2.16. The lowest BCUT2D eigenvalue weighted by Crippen LogP contribution is -2.32. The Balaban J connectivity index is 1.71. The molecule has 1 amide bonds. The van der Waals surface area contributed by atoms with Gasteiger partial charge in [0.2, 0.25) is 5.91 Å². The van der Waals surface area contributed by atoms with Gasteiger partial charge in [0.05, 0.1) is 23.2 Å². The van der Waals surface area contributed by atoms with Gasteiger partial charge < -0.3 is 10.1 Å². The first-order valence-corrected chi connectivity index (χ1v) is 6.41. The number of carbonyl (C=O) groups is 1. The lowest BCUT2D eigenvalue weighted by molar-refractivity contribution is -0.121. The Hall–Kier alpha value is -0.940. The van der Waals surface area contributed by atoms with Crippen molar-refractivity contribution in [3.05, 3.63) is 16.1 Å². The minimum Gasteiger partial charge on any atom is -0.376 e. The molecule has 0 aliphatic carbocycles. The smallest absolute Gasteiger partial charge is 0.226 e. The van der Waals surface area contributed by atoms with E-state index in [-0.39, 0.29) is 12.0 Å². The van der Waals surface area contributed by atoms with Crippen molar-refractivity contribution in [2.75, 3.05) is 13.2 Å². The van der Waals surface area contributed by atoms with Crippen molar-refractivity contribution in [2.24, 2.45) is 0 Å². The van der Waals surface area contributed by atoms with Crippen LogP contribution in [0.5, 0.6) is 0 Å². The molecule has 0 spiro atoms. The summed E-state index contributed by atoms with van der Waals surface area (Å²) >= 11 is 1.57. The number of ether oxygens (including phenoxy) is 1. The van der Waals surface area contributed by atoms with Crippen LogP contribution in [0.2, 0.25) is 0 Å². The molecule has 1 aliphatic rings. The topological polar surface area (TPSA) is 51.2 Å². The van der Waals surface area contributed by atoms with Crippen molar-refractivity contribution < 1.29 is 9.53 Å². The van der Waals surface area contributed by atoms with E-state index >= 15 is 0 Å². The summed E-state index contributed by atoms with van der Waals surface area (Å²) in [6.07, 6.45) is 2.74. The highest BCUT2D eigenvalue weighted by Crippen LogP contribution is 2.11. The molecule has 0 aromatic carbocycles. The predicted molar refractivity (Wildman–Crippen MR) is 62.5 cm³/mol. The molecule has 2 rings (SSSR count). The largest absolute Gasteiger partial charge is 0.376 e. The van der Waals surface area contributed by atoms with Gasteiger partial charge >= 0.3 is 0 Å². The second kappa shape index (κ2) is 5.41. The molecule has 2 heterocycles. The lowest BCUT2D eigenvalue weighted by Gasteiger charge is -2.09. The maximum atomic E-state index is 11.6. The predicted octanol–water partition coefficient (Wildman–Crippen LogP) is 1.29. The van der Waals surface area contributed by atoms with Crippen LogP contribution in [0.15, 0.2) is 5.38 Å². The molecular weight excluding hydrogens is 224 g/mol. The second-order valence-electron chi connectivity index (χ2n) is 3.97. The van der Waals surface area contributed by atoms with Crippen molar-refractivity contribution in [3.63, 3.8) is 0 Å². The molecule has 1 N–H and O–H groups in total. The van der Waals surface area contributed by atoms with Crippen LogP contribution in [0.25, 0.3) is 0 Å².